The molecule has 3 nitrogen and oxygen atoms in total. The van der Waals surface area contributed by atoms with Gasteiger partial charge in [-0.1, -0.05) is 31.0 Å². The van der Waals surface area contributed by atoms with Crippen molar-refractivity contribution in [2.24, 2.45) is 5.92 Å². The number of hydrogen-bond acceptors (Lipinski definition) is 2. The average Bonchev–Trinajstić information content (AvgIpc) is 3.14. The molecule has 126 valence electrons. The van der Waals surface area contributed by atoms with Crippen molar-refractivity contribution in [3.8, 4) is 0 Å². The first-order valence-corrected chi connectivity index (χ1v) is 8.66. The number of benzene rings is 1. The fraction of sp³-hybridized carbons (Fsp3) is 0.400. The summed E-state index contributed by atoms with van der Waals surface area (Å²) < 4.78 is 13.2. The maximum Gasteiger partial charge on any atom is 0.220 e. The summed E-state index contributed by atoms with van der Waals surface area (Å²) >= 11 is 0. The Bertz CT molecular complexity index is 651. The van der Waals surface area contributed by atoms with Crippen LogP contribution in [0.5, 0.6) is 0 Å². The molecule has 24 heavy (non-hydrogen) atoms. The van der Waals surface area contributed by atoms with E-state index < -0.39 is 0 Å². The van der Waals surface area contributed by atoms with E-state index in [0.29, 0.717) is 18.8 Å². The van der Waals surface area contributed by atoms with Crippen molar-refractivity contribution in [3.05, 3.63) is 65.7 Å². The van der Waals surface area contributed by atoms with Gasteiger partial charge in [-0.25, -0.2) is 4.39 Å². The van der Waals surface area contributed by atoms with Crippen LogP contribution in [0.15, 0.2) is 48.8 Å². The number of nitrogens with zero attached hydrogens (tertiary/aromatic N) is 1. The third-order valence-electron chi connectivity index (χ3n) is 4.78. The molecule has 0 radical (unpaired) electrons. The molecule has 0 bridgehead atoms. The summed E-state index contributed by atoms with van der Waals surface area (Å²) in [5, 5.41) is 3.18. The Hall–Kier alpha value is -2.23. The first-order chi connectivity index (χ1) is 11.7. The Morgan fingerprint density at radius 1 is 1.21 bits per heavy atom. The smallest absolute Gasteiger partial charge is 0.220 e. The quantitative estimate of drug-likeness (QED) is 0.864. The molecular weight excluding hydrogens is 303 g/mol. The van der Waals surface area contributed by atoms with E-state index >= 15 is 0 Å². The van der Waals surface area contributed by atoms with Gasteiger partial charge in [0, 0.05) is 18.8 Å². The van der Waals surface area contributed by atoms with Crippen LogP contribution in [0.2, 0.25) is 0 Å². The number of halogens is 1. The van der Waals surface area contributed by atoms with E-state index in [1.54, 1.807) is 24.5 Å². The van der Waals surface area contributed by atoms with Crippen molar-refractivity contribution in [2.75, 3.05) is 0 Å². The van der Waals surface area contributed by atoms with Crippen molar-refractivity contribution in [3.63, 3.8) is 0 Å². The van der Waals surface area contributed by atoms with Gasteiger partial charge in [0.2, 0.25) is 5.91 Å². The van der Waals surface area contributed by atoms with Gasteiger partial charge in [0.15, 0.2) is 0 Å². The Labute approximate surface area is 142 Å². The molecular formula is C20H23FN2O. The Balaban J connectivity index is 1.64. The molecule has 1 unspecified atom stereocenters. The number of rotatable bonds is 6. The standard InChI is InChI=1S/C20H23FN2O/c21-18-10-8-17(9-11-18)20(16-5-1-2-6-16)23-19(24)12-7-15-4-3-13-22-14-15/h3-4,8-11,13-14,16,20H,1-2,5-7,12H2,(H,23,24). The first-order valence-electron chi connectivity index (χ1n) is 8.66. The zero-order chi connectivity index (χ0) is 16.8. The molecule has 1 heterocycles. The lowest BCUT2D eigenvalue weighted by molar-refractivity contribution is -0.122. The van der Waals surface area contributed by atoms with Crippen LogP contribution < -0.4 is 5.32 Å². The highest BCUT2D eigenvalue weighted by Crippen LogP contribution is 2.35. The topological polar surface area (TPSA) is 42.0 Å². The van der Waals surface area contributed by atoms with Gasteiger partial charge >= 0.3 is 0 Å². The molecule has 1 aromatic heterocycles. The molecule has 1 saturated carbocycles. The molecule has 1 amide bonds. The predicted molar refractivity (Wildman–Crippen MR) is 91.8 cm³/mol. The van der Waals surface area contributed by atoms with E-state index in [1.165, 1.54) is 25.0 Å². The zero-order valence-corrected chi connectivity index (χ0v) is 13.7. The van der Waals surface area contributed by atoms with E-state index in [0.717, 1.165) is 24.0 Å². The van der Waals surface area contributed by atoms with Crippen molar-refractivity contribution in [1.29, 1.82) is 0 Å². The second-order valence-electron chi connectivity index (χ2n) is 6.50. The third kappa shape index (κ3) is 4.40. The second-order valence-corrected chi connectivity index (χ2v) is 6.50. The summed E-state index contributed by atoms with van der Waals surface area (Å²) in [5.41, 5.74) is 2.06. The SMILES string of the molecule is O=C(CCc1cccnc1)NC(c1ccc(F)cc1)C1CCCC1. The molecule has 1 aliphatic rings. The molecule has 2 aromatic rings. The van der Waals surface area contributed by atoms with Crippen molar-refractivity contribution < 1.29 is 9.18 Å². The summed E-state index contributed by atoms with van der Waals surface area (Å²) in [5.74, 6) is 0.240. The van der Waals surface area contributed by atoms with Crippen LogP contribution in [0.1, 0.15) is 49.3 Å². The Morgan fingerprint density at radius 2 is 1.96 bits per heavy atom. The Morgan fingerprint density at radius 3 is 2.62 bits per heavy atom. The van der Waals surface area contributed by atoms with Crippen molar-refractivity contribution >= 4 is 5.91 Å². The number of aryl methyl sites for hydroxylation is 1. The summed E-state index contributed by atoms with van der Waals surface area (Å²) in [4.78, 5) is 16.5. The minimum Gasteiger partial charge on any atom is -0.349 e. The molecule has 4 heteroatoms. The summed E-state index contributed by atoms with van der Waals surface area (Å²) in [6, 6.07) is 10.4. The van der Waals surface area contributed by atoms with Gasteiger partial charge in [0.25, 0.3) is 0 Å². The van der Waals surface area contributed by atoms with Gasteiger partial charge < -0.3 is 5.32 Å². The minimum absolute atomic E-state index is 0.0190. The lowest BCUT2D eigenvalue weighted by atomic mass is 9.91. The fourth-order valence-electron chi connectivity index (χ4n) is 3.48. The molecule has 1 aromatic carbocycles. The van der Waals surface area contributed by atoms with Crippen molar-refractivity contribution in [2.45, 2.75) is 44.6 Å². The van der Waals surface area contributed by atoms with E-state index in [-0.39, 0.29) is 17.8 Å². The van der Waals surface area contributed by atoms with Gasteiger partial charge in [0.05, 0.1) is 6.04 Å². The number of nitrogens with one attached hydrogen (secondary N) is 1. The normalized spacial score (nSPS) is 16.0. The van der Waals surface area contributed by atoms with Gasteiger partial charge in [-0.3, -0.25) is 9.78 Å². The highest BCUT2D eigenvalue weighted by Gasteiger charge is 2.27. The van der Waals surface area contributed by atoms with Crippen LogP contribution >= 0.6 is 0 Å². The number of aromatic nitrogens is 1. The minimum atomic E-state index is -0.244. The number of carbonyl (C=O) groups excluding carboxylic acids is 1. The molecule has 1 N–H and O–H groups in total. The highest BCUT2D eigenvalue weighted by atomic mass is 19.1. The molecule has 1 aliphatic carbocycles. The lowest BCUT2D eigenvalue weighted by Crippen LogP contribution is -2.32. The highest BCUT2D eigenvalue weighted by molar-refractivity contribution is 5.76. The van der Waals surface area contributed by atoms with Gasteiger partial charge in [-0.05, 0) is 54.5 Å². The molecule has 0 aliphatic heterocycles. The molecule has 3 rings (SSSR count). The van der Waals surface area contributed by atoms with Crippen LogP contribution in [-0.4, -0.2) is 10.9 Å². The van der Waals surface area contributed by atoms with Gasteiger partial charge in [-0.15, -0.1) is 0 Å². The van der Waals surface area contributed by atoms with Crippen LogP contribution in [0.25, 0.3) is 0 Å². The summed E-state index contributed by atoms with van der Waals surface area (Å²) in [7, 11) is 0. The molecule has 0 saturated heterocycles. The van der Waals surface area contributed by atoms with Crippen molar-refractivity contribution in [1.82, 2.24) is 10.3 Å². The maximum atomic E-state index is 13.2. The van der Waals surface area contributed by atoms with Crippen LogP contribution in [0.3, 0.4) is 0 Å². The monoisotopic (exact) mass is 326 g/mol. The zero-order valence-electron chi connectivity index (χ0n) is 13.7. The molecule has 0 spiro atoms. The maximum absolute atomic E-state index is 13.2. The summed E-state index contributed by atoms with van der Waals surface area (Å²) in [6.45, 7) is 0. The molecule has 1 fully saturated rings. The number of hydrogen-bond donors (Lipinski definition) is 1. The van der Waals surface area contributed by atoms with Crippen LogP contribution in [0, 0.1) is 11.7 Å². The summed E-state index contributed by atoms with van der Waals surface area (Å²) in [6.07, 6.45) is 9.28. The van der Waals surface area contributed by atoms with Gasteiger partial charge in [0.1, 0.15) is 5.82 Å². The van der Waals surface area contributed by atoms with E-state index in [9.17, 15) is 9.18 Å². The van der Waals surface area contributed by atoms with E-state index in [2.05, 4.69) is 10.3 Å². The average molecular weight is 326 g/mol. The van der Waals surface area contributed by atoms with Crippen LogP contribution in [-0.2, 0) is 11.2 Å². The predicted octanol–water partition coefficient (Wildman–Crippen LogP) is 4.20. The Kier molecular flexibility index (Phi) is 5.57. The van der Waals surface area contributed by atoms with E-state index in [4.69, 9.17) is 0 Å². The second kappa shape index (κ2) is 8.04. The first kappa shape index (κ1) is 16.6. The van der Waals surface area contributed by atoms with Crippen LogP contribution in [0.4, 0.5) is 4.39 Å². The number of pyridine rings is 1. The number of carbonyl (C=O) groups is 1. The van der Waals surface area contributed by atoms with Gasteiger partial charge in [-0.2, -0.15) is 0 Å². The number of amides is 1. The third-order valence-corrected chi connectivity index (χ3v) is 4.78. The fourth-order valence-corrected chi connectivity index (χ4v) is 3.48. The largest absolute Gasteiger partial charge is 0.349 e. The van der Waals surface area contributed by atoms with E-state index in [1.807, 2.05) is 12.1 Å². The molecule has 1 atom stereocenters. The lowest BCUT2D eigenvalue weighted by Gasteiger charge is -2.25.